The van der Waals surface area contributed by atoms with Crippen molar-refractivity contribution in [2.75, 3.05) is 13.1 Å². The van der Waals surface area contributed by atoms with Crippen molar-refractivity contribution >= 4 is 30.0 Å². The number of likely N-dealkylation sites (tertiary alicyclic amines) is 1. The number of rotatable bonds is 5. The molecule has 0 unspecified atom stereocenters. The predicted molar refractivity (Wildman–Crippen MR) is 110 cm³/mol. The van der Waals surface area contributed by atoms with E-state index in [1.807, 2.05) is 20.2 Å². The Morgan fingerprint density at radius 3 is 2.57 bits per heavy atom. The van der Waals surface area contributed by atoms with Crippen molar-refractivity contribution in [1.82, 2.24) is 9.80 Å². The molecule has 10 heteroatoms. The quantitative estimate of drug-likeness (QED) is 0.298. The molecule has 1 amide bonds. The lowest BCUT2D eigenvalue weighted by molar-refractivity contribution is -0.163. The lowest BCUT2D eigenvalue weighted by Crippen LogP contribution is -2.65. The van der Waals surface area contributed by atoms with Crippen LogP contribution in [0.2, 0.25) is 0 Å². The third-order valence-corrected chi connectivity index (χ3v) is 7.41. The van der Waals surface area contributed by atoms with Crippen molar-refractivity contribution in [2.45, 2.75) is 75.3 Å². The number of hydrogen-bond donors (Lipinski definition) is 0. The molecule has 3 atom stereocenters. The third-order valence-electron chi connectivity index (χ3n) is 5.85. The molecule has 1 aromatic rings. The highest BCUT2D eigenvalue weighted by Gasteiger charge is 2.64. The van der Waals surface area contributed by atoms with Crippen molar-refractivity contribution in [3.05, 3.63) is 22.1 Å². The molecule has 0 saturated carbocycles. The second-order valence-electron chi connectivity index (χ2n) is 8.46. The lowest BCUT2D eigenvalue weighted by atomic mass is 9.96. The minimum atomic E-state index is -0.835. The largest absolute Gasteiger partial charge is 0.519 e. The van der Waals surface area contributed by atoms with E-state index in [0.29, 0.717) is 0 Å². The summed E-state index contributed by atoms with van der Waals surface area (Å²) in [6.07, 6.45) is 6.57. The SMILES string of the molecule is Cc1oc(=O)oc1COC(=O)[C@@H]1N2C(=O)[C@@H](N=CN3CCCCCC3)[C@H]2SC1(C)C. The maximum Gasteiger partial charge on any atom is 0.519 e. The Hall–Kier alpha value is -2.23. The van der Waals surface area contributed by atoms with E-state index in [-0.39, 0.29) is 29.4 Å². The van der Waals surface area contributed by atoms with Crippen LogP contribution in [0.15, 0.2) is 18.6 Å². The summed E-state index contributed by atoms with van der Waals surface area (Å²) >= 11 is 1.57. The molecule has 30 heavy (non-hydrogen) atoms. The summed E-state index contributed by atoms with van der Waals surface area (Å²) < 4.78 is 14.5. The molecular weight excluding hydrogens is 410 g/mol. The topological polar surface area (TPSA) is 106 Å². The van der Waals surface area contributed by atoms with E-state index < -0.39 is 28.6 Å². The number of amides is 1. The number of nitrogens with zero attached hydrogens (tertiary/aromatic N) is 3. The van der Waals surface area contributed by atoms with Crippen molar-refractivity contribution in [1.29, 1.82) is 0 Å². The fourth-order valence-corrected chi connectivity index (χ4v) is 5.83. The fraction of sp³-hybridized carbons (Fsp3) is 0.700. The van der Waals surface area contributed by atoms with E-state index in [2.05, 4.69) is 9.89 Å². The van der Waals surface area contributed by atoms with Gasteiger partial charge in [-0.2, -0.15) is 0 Å². The first-order valence-electron chi connectivity index (χ1n) is 10.3. The summed E-state index contributed by atoms with van der Waals surface area (Å²) in [5, 5.41) is -0.179. The van der Waals surface area contributed by atoms with E-state index in [9.17, 15) is 14.4 Å². The molecular formula is C20H27N3O6S. The van der Waals surface area contributed by atoms with Gasteiger partial charge in [0.2, 0.25) is 0 Å². The molecule has 0 aliphatic carbocycles. The van der Waals surface area contributed by atoms with Gasteiger partial charge in [-0.05, 0) is 33.6 Å². The number of aliphatic imine (C=N–C) groups is 1. The molecule has 0 aromatic carbocycles. The average Bonchev–Trinajstić information content (AvgIpc) is 2.99. The number of hydrogen-bond acceptors (Lipinski definition) is 8. The monoisotopic (exact) mass is 437 g/mol. The molecule has 0 bridgehead atoms. The molecule has 1 aromatic heterocycles. The Morgan fingerprint density at radius 1 is 1.23 bits per heavy atom. The van der Waals surface area contributed by atoms with Crippen LogP contribution in [0.4, 0.5) is 0 Å². The van der Waals surface area contributed by atoms with Crippen LogP contribution in [0.5, 0.6) is 0 Å². The van der Waals surface area contributed by atoms with Gasteiger partial charge in [-0.3, -0.25) is 9.79 Å². The smallest absolute Gasteiger partial charge is 0.456 e. The Bertz CT molecular complexity index is 899. The summed E-state index contributed by atoms with van der Waals surface area (Å²) in [6.45, 7) is 7.13. The third kappa shape index (κ3) is 3.89. The highest BCUT2D eigenvalue weighted by molar-refractivity contribution is 8.01. The highest BCUT2D eigenvalue weighted by Crippen LogP contribution is 2.52. The minimum Gasteiger partial charge on any atom is -0.456 e. The molecule has 3 aliphatic rings. The van der Waals surface area contributed by atoms with Crippen LogP contribution in [0.25, 0.3) is 0 Å². The maximum absolute atomic E-state index is 12.8. The standard InChI is InChI=1S/C20H27N3O6S/c1-12-13(29-19(26)28-12)10-27-18(25)15-20(2,3)30-17-14(16(24)23(15)17)21-11-22-8-6-4-5-7-9-22/h11,14-15,17H,4-10H2,1-3H3/t14-,15+,17-/m1/s1. The van der Waals surface area contributed by atoms with Crippen LogP contribution in [0, 0.1) is 6.92 Å². The van der Waals surface area contributed by atoms with E-state index in [1.54, 1.807) is 23.6 Å². The molecule has 0 N–H and O–H groups in total. The second kappa shape index (κ2) is 8.13. The zero-order valence-corrected chi connectivity index (χ0v) is 18.3. The van der Waals surface area contributed by atoms with Gasteiger partial charge in [0.1, 0.15) is 11.4 Å². The summed E-state index contributed by atoms with van der Waals surface area (Å²) in [6, 6.07) is -1.19. The Balaban J connectivity index is 1.41. The average molecular weight is 438 g/mol. The molecule has 0 spiro atoms. The Labute approximate surface area is 178 Å². The number of aryl methyl sites for hydroxylation is 1. The number of thioether (sulfide) groups is 1. The molecule has 0 radical (unpaired) electrons. The van der Waals surface area contributed by atoms with Gasteiger partial charge in [-0.25, -0.2) is 9.59 Å². The van der Waals surface area contributed by atoms with Gasteiger partial charge in [-0.1, -0.05) is 12.8 Å². The van der Waals surface area contributed by atoms with Crippen molar-refractivity contribution in [3.63, 3.8) is 0 Å². The molecule has 4 heterocycles. The van der Waals surface area contributed by atoms with E-state index in [4.69, 9.17) is 13.6 Å². The summed E-state index contributed by atoms with van der Waals surface area (Å²) in [5.41, 5.74) is 0. The molecule has 9 nitrogen and oxygen atoms in total. The van der Waals surface area contributed by atoms with Crippen LogP contribution in [-0.4, -0.2) is 63.3 Å². The predicted octanol–water partition coefficient (Wildman–Crippen LogP) is 1.92. The van der Waals surface area contributed by atoms with Crippen molar-refractivity contribution < 1.29 is 23.2 Å². The number of carbonyl (C=O) groups is 2. The van der Waals surface area contributed by atoms with Crippen LogP contribution < -0.4 is 5.82 Å². The minimum absolute atomic E-state index is 0.155. The van der Waals surface area contributed by atoms with E-state index >= 15 is 0 Å². The van der Waals surface area contributed by atoms with Crippen LogP contribution in [-0.2, 0) is 20.9 Å². The summed E-state index contributed by atoms with van der Waals surface area (Å²) in [4.78, 5) is 45.1. The maximum atomic E-state index is 12.8. The number of fused-ring (bicyclic) bond motifs is 1. The van der Waals surface area contributed by atoms with E-state index in [0.717, 1.165) is 25.9 Å². The molecule has 3 aliphatic heterocycles. The highest BCUT2D eigenvalue weighted by atomic mass is 32.2. The van der Waals surface area contributed by atoms with Crippen LogP contribution in [0.1, 0.15) is 51.1 Å². The van der Waals surface area contributed by atoms with Gasteiger partial charge >= 0.3 is 11.8 Å². The zero-order chi connectivity index (χ0) is 21.5. The van der Waals surface area contributed by atoms with Crippen LogP contribution >= 0.6 is 11.8 Å². The number of carbonyl (C=O) groups excluding carboxylic acids is 2. The Kier molecular flexibility index (Phi) is 5.69. The molecule has 4 rings (SSSR count). The zero-order valence-electron chi connectivity index (χ0n) is 17.5. The first-order chi connectivity index (χ1) is 14.3. The molecule has 3 saturated heterocycles. The summed E-state index contributed by atoms with van der Waals surface area (Å²) in [5.74, 6) is -1.08. The first-order valence-corrected chi connectivity index (χ1v) is 11.2. The summed E-state index contributed by atoms with van der Waals surface area (Å²) in [7, 11) is 0. The normalized spacial score (nSPS) is 28.4. The number of esters is 1. The van der Waals surface area contributed by atoms with Gasteiger partial charge < -0.3 is 23.4 Å². The fourth-order valence-electron chi connectivity index (χ4n) is 4.21. The van der Waals surface area contributed by atoms with E-state index in [1.165, 1.54) is 12.8 Å². The van der Waals surface area contributed by atoms with Gasteiger partial charge in [0, 0.05) is 17.8 Å². The Morgan fingerprint density at radius 2 is 1.93 bits per heavy atom. The van der Waals surface area contributed by atoms with Gasteiger partial charge in [0.05, 0.1) is 6.34 Å². The van der Waals surface area contributed by atoms with Crippen molar-refractivity contribution in [2.24, 2.45) is 4.99 Å². The van der Waals surface area contributed by atoms with Gasteiger partial charge in [0.25, 0.3) is 5.91 Å². The first kappa shape index (κ1) is 21.0. The van der Waals surface area contributed by atoms with Crippen molar-refractivity contribution in [3.8, 4) is 0 Å². The second-order valence-corrected chi connectivity index (χ2v) is 10.2. The van der Waals surface area contributed by atoms with Gasteiger partial charge in [0.15, 0.2) is 24.2 Å². The number of β-lactam (4-membered cyclic amide) rings is 1. The number of ether oxygens (including phenoxy) is 1. The molecule has 3 fully saturated rings. The molecule has 164 valence electrons. The lowest BCUT2D eigenvalue weighted by Gasteiger charge is -2.41. The van der Waals surface area contributed by atoms with Crippen LogP contribution in [0.3, 0.4) is 0 Å². The van der Waals surface area contributed by atoms with Gasteiger partial charge in [-0.15, -0.1) is 11.8 Å².